The monoisotopic (exact) mass is 551 g/mol. The SMILES string of the molecule is [Ag+].[Cl-].[Cl-].[Cl-].[Cl-].[Cl-].[Cl][Ag].[Zn+2].[Zn+2]. The van der Waals surface area contributed by atoms with Crippen molar-refractivity contribution in [1.82, 2.24) is 0 Å². The Morgan fingerprint density at radius 3 is 0.600 bits per heavy atom. The molecule has 0 aromatic heterocycles. The van der Waals surface area contributed by atoms with Gasteiger partial charge in [-0.15, -0.1) is 0 Å². The zero-order valence-electron chi connectivity index (χ0n) is 4.29. The van der Waals surface area contributed by atoms with Gasteiger partial charge in [-0.2, -0.15) is 0 Å². The van der Waals surface area contributed by atoms with Gasteiger partial charge in [0.1, 0.15) is 0 Å². The van der Waals surface area contributed by atoms with Crippen molar-refractivity contribution in [3.63, 3.8) is 0 Å². The molecule has 0 saturated carbocycles. The van der Waals surface area contributed by atoms with Gasteiger partial charge in [-0.25, -0.2) is 0 Å². The van der Waals surface area contributed by atoms with E-state index in [0.717, 1.165) is 0 Å². The molecule has 0 aromatic rings. The summed E-state index contributed by atoms with van der Waals surface area (Å²) in [5.74, 6) is 0. The second kappa shape index (κ2) is 105. The smallest absolute Gasteiger partial charge is 2.00 e. The van der Waals surface area contributed by atoms with Gasteiger partial charge in [0.25, 0.3) is 0 Å². The first-order chi connectivity index (χ1) is 1.00. The maximum Gasteiger partial charge on any atom is 2.00 e. The van der Waals surface area contributed by atoms with Crippen LogP contribution in [0.5, 0.6) is 0 Å². The minimum absolute atomic E-state index is 0. The molecule has 0 amide bonds. The van der Waals surface area contributed by atoms with E-state index in [9.17, 15) is 0 Å². The third-order valence-electron chi connectivity index (χ3n) is 0. The Morgan fingerprint density at radius 1 is 0.600 bits per heavy atom. The summed E-state index contributed by atoms with van der Waals surface area (Å²) in [6.45, 7) is 0. The Morgan fingerprint density at radius 2 is 0.600 bits per heavy atom. The minimum atomic E-state index is 0. The molecule has 0 aliphatic heterocycles. The molecule has 0 heterocycles. The Balaban J connectivity index is -0.000000000179. The first kappa shape index (κ1) is 87.8. The van der Waals surface area contributed by atoms with E-state index < -0.39 is 0 Å². The molecule has 0 N–H and O–H groups in total. The molecule has 68 valence electrons. The zero-order chi connectivity index (χ0) is 2.00. The average molecular weight is 559 g/mol. The normalized spacial score (nSPS) is 0.700. The molecule has 0 aliphatic carbocycles. The Hall–Kier alpha value is 4.47. The van der Waals surface area contributed by atoms with Gasteiger partial charge >= 0.3 is 90.5 Å². The van der Waals surface area contributed by atoms with Crippen LogP contribution in [0.15, 0.2) is 0 Å². The van der Waals surface area contributed by atoms with E-state index in [1.165, 1.54) is 0 Å². The van der Waals surface area contributed by atoms with Crippen molar-refractivity contribution in [3.8, 4) is 0 Å². The van der Waals surface area contributed by atoms with Crippen LogP contribution in [-0.2, 0) is 81.3 Å². The van der Waals surface area contributed by atoms with Crippen molar-refractivity contribution in [2.45, 2.75) is 0 Å². The van der Waals surface area contributed by atoms with Crippen molar-refractivity contribution in [2.24, 2.45) is 0 Å². The van der Waals surface area contributed by atoms with Crippen LogP contribution in [0.3, 0.4) is 0 Å². The molecule has 10 heavy (non-hydrogen) atoms. The fourth-order valence-electron chi connectivity index (χ4n) is 0. The van der Waals surface area contributed by atoms with Crippen LogP contribution < -0.4 is 62.0 Å². The van der Waals surface area contributed by atoms with Crippen molar-refractivity contribution in [1.29, 1.82) is 0 Å². The Bertz CT molecular complexity index is 13.7. The second-order valence-electron chi connectivity index (χ2n) is 0. The number of rotatable bonds is 0. The van der Waals surface area contributed by atoms with E-state index in [2.05, 4.69) is 29.2 Å². The van der Waals surface area contributed by atoms with Crippen LogP contribution in [0.2, 0.25) is 0 Å². The van der Waals surface area contributed by atoms with E-state index in [4.69, 9.17) is 0 Å². The molecular weight excluding hydrogens is 559 g/mol. The van der Waals surface area contributed by atoms with Crippen LogP contribution in [0, 0.1) is 0 Å². The summed E-state index contributed by atoms with van der Waals surface area (Å²) in [5, 5.41) is 0. The molecule has 0 rings (SSSR count). The van der Waals surface area contributed by atoms with Crippen molar-refractivity contribution < 1.29 is 143 Å². The number of halogens is 6. The summed E-state index contributed by atoms with van der Waals surface area (Å²) in [5.41, 5.74) is 0. The molecule has 0 bridgehead atoms. The maximum atomic E-state index is 4.45. The van der Waals surface area contributed by atoms with Gasteiger partial charge in [-0.05, 0) is 0 Å². The molecule has 0 aliphatic rings. The third-order valence-corrected chi connectivity index (χ3v) is 0. The quantitative estimate of drug-likeness (QED) is 0.259. The molecule has 0 radical (unpaired) electrons. The predicted octanol–water partition coefficient (Wildman–Crippen LogP) is -14.3. The third kappa shape index (κ3) is 82.1. The molecule has 0 saturated heterocycles. The Kier molecular flexibility index (Phi) is 921. The topological polar surface area (TPSA) is 0 Å². The molecule has 0 nitrogen and oxygen atoms in total. The summed E-state index contributed by atoms with van der Waals surface area (Å²) < 4.78 is 0. The van der Waals surface area contributed by atoms with E-state index in [-0.39, 0.29) is 123 Å². The van der Waals surface area contributed by atoms with Crippen LogP contribution in [0.1, 0.15) is 0 Å². The van der Waals surface area contributed by atoms with Gasteiger partial charge in [-0.3, -0.25) is 0 Å². The molecule has 10 heteroatoms. The van der Waals surface area contributed by atoms with Gasteiger partial charge in [0, 0.05) is 0 Å². The minimum Gasteiger partial charge on any atom is 2.00 e. The van der Waals surface area contributed by atoms with Gasteiger partial charge in [0.2, 0.25) is 0 Å². The van der Waals surface area contributed by atoms with Crippen LogP contribution in [0.25, 0.3) is 0 Å². The largest absolute Gasteiger partial charge is 2.00 e. The maximum absolute atomic E-state index is 4.45. The fraction of sp³-hybridized carbons (Fsp3) is 0. The van der Waals surface area contributed by atoms with Gasteiger partial charge in [0.05, 0.1) is 0 Å². The van der Waals surface area contributed by atoms with Crippen LogP contribution in [-0.4, -0.2) is 0 Å². The molecule has 0 unspecified atom stereocenters. The van der Waals surface area contributed by atoms with Gasteiger partial charge in [0.15, 0.2) is 0 Å². The van der Waals surface area contributed by atoms with Crippen LogP contribution >= 0.6 is 9.19 Å². The molecule has 0 spiro atoms. The fourth-order valence-corrected chi connectivity index (χ4v) is 0. The standard InChI is InChI=1S/2Ag.6ClH.2Zn/h;;6*1H;;/q2*+1;;;;;;;2*+2/p-6. The molecule has 0 aromatic carbocycles. The molecule has 0 atom stereocenters. The summed E-state index contributed by atoms with van der Waals surface area (Å²) in [6.07, 6.45) is 0. The van der Waals surface area contributed by atoms with E-state index >= 15 is 0 Å². The van der Waals surface area contributed by atoms with Crippen LogP contribution in [0.4, 0.5) is 0 Å². The predicted molar refractivity (Wildman–Crippen MR) is 5.85 cm³/mol. The average Bonchev–Trinajstić information content (AvgIpc) is 1.00. The van der Waals surface area contributed by atoms with Crippen molar-refractivity contribution >= 4 is 9.19 Å². The van der Waals surface area contributed by atoms with E-state index in [0.29, 0.717) is 0 Å². The zero-order valence-corrected chi connectivity index (χ0v) is 17.7. The molecular formula is Ag2Cl6Zn2. The summed E-state index contributed by atoms with van der Waals surface area (Å²) in [6, 6.07) is 0. The van der Waals surface area contributed by atoms with Gasteiger partial charge < -0.3 is 62.0 Å². The first-order valence-corrected chi connectivity index (χ1v) is 2.02. The van der Waals surface area contributed by atoms with E-state index in [1.54, 1.807) is 0 Å². The first-order valence-electron chi connectivity index (χ1n) is 0.114. The summed E-state index contributed by atoms with van der Waals surface area (Å²) in [7, 11) is 4.45. The second-order valence-corrected chi connectivity index (χ2v) is 0. The van der Waals surface area contributed by atoms with Crippen molar-refractivity contribution in [2.75, 3.05) is 0 Å². The summed E-state index contributed by atoms with van der Waals surface area (Å²) in [4.78, 5) is 0. The van der Waals surface area contributed by atoms with E-state index in [1.807, 2.05) is 0 Å². The number of hydrogen-bond acceptors (Lipinski definition) is 0. The summed E-state index contributed by atoms with van der Waals surface area (Å²) >= 11 is 2.42. The van der Waals surface area contributed by atoms with Crippen molar-refractivity contribution in [3.05, 3.63) is 0 Å². The van der Waals surface area contributed by atoms with Gasteiger partial charge in [-0.1, -0.05) is 0 Å². The Labute approximate surface area is 150 Å². The number of hydrogen-bond donors (Lipinski definition) is 0. The molecule has 0 fully saturated rings.